The molecule has 3 nitrogen and oxygen atoms in total. The van der Waals surface area contributed by atoms with Crippen molar-refractivity contribution in [2.75, 3.05) is 0 Å². The van der Waals surface area contributed by atoms with E-state index >= 15 is 0 Å². The Kier molecular flexibility index (Phi) is 4.59. The molecule has 1 atom stereocenters. The highest BCUT2D eigenvalue weighted by molar-refractivity contribution is 9.11. The van der Waals surface area contributed by atoms with Crippen molar-refractivity contribution < 1.29 is 0 Å². The van der Waals surface area contributed by atoms with Crippen molar-refractivity contribution >= 4 is 31.9 Å². The van der Waals surface area contributed by atoms with E-state index in [1.165, 1.54) is 0 Å². The summed E-state index contributed by atoms with van der Waals surface area (Å²) in [6, 6.07) is 5.78. The van der Waals surface area contributed by atoms with Crippen molar-refractivity contribution in [3.8, 4) is 0 Å². The van der Waals surface area contributed by atoms with Gasteiger partial charge in [0, 0.05) is 27.9 Å². The van der Waals surface area contributed by atoms with E-state index < -0.39 is 0 Å². The van der Waals surface area contributed by atoms with Crippen molar-refractivity contribution in [1.82, 2.24) is 9.55 Å². The first-order valence-corrected chi connectivity index (χ1v) is 7.43. The van der Waals surface area contributed by atoms with Crippen LogP contribution in [-0.4, -0.2) is 9.55 Å². The lowest BCUT2D eigenvalue weighted by molar-refractivity contribution is 0.612. The van der Waals surface area contributed by atoms with Gasteiger partial charge in [-0.2, -0.15) is 0 Å². The normalized spacial score (nSPS) is 12.7. The van der Waals surface area contributed by atoms with Gasteiger partial charge in [-0.25, -0.2) is 4.98 Å². The van der Waals surface area contributed by atoms with Crippen molar-refractivity contribution in [3.63, 3.8) is 0 Å². The molecular formula is C13H15Br2N3. The minimum atomic E-state index is -0.224. The topological polar surface area (TPSA) is 43.8 Å². The number of rotatable bonds is 4. The van der Waals surface area contributed by atoms with E-state index in [2.05, 4.69) is 48.3 Å². The van der Waals surface area contributed by atoms with Gasteiger partial charge in [0.15, 0.2) is 0 Å². The molecule has 0 amide bonds. The molecule has 0 aliphatic carbocycles. The summed E-state index contributed by atoms with van der Waals surface area (Å²) in [5.74, 6) is 0.899. The van der Waals surface area contributed by atoms with Crippen LogP contribution in [0, 0.1) is 0 Å². The first kappa shape index (κ1) is 13.8. The molecule has 2 aromatic rings. The number of aryl methyl sites for hydroxylation is 1. The van der Waals surface area contributed by atoms with Gasteiger partial charge in [0.2, 0.25) is 0 Å². The van der Waals surface area contributed by atoms with Crippen molar-refractivity contribution in [2.24, 2.45) is 5.73 Å². The van der Waals surface area contributed by atoms with Crippen molar-refractivity contribution in [3.05, 3.63) is 50.9 Å². The monoisotopic (exact) mass is 371 g/mol. The number of halogens is 2. The molecule has 0 saturated carbocycles. The first-order valence-electron chi connectivity index (χ1n) is 5.85. The number of nitrogens with two attached hydrogens (primary N) is 1. The molecule has 5 heteroatoms. The molecule has 1 aromatic heterocycles. The molecule has 1 heterocycles. The third kappa shape index (κ3) is 2.84. The van der Waals surface area contributed by atoms with Gasteiger partial charge in [-0.3, -0.25) is 0 Å². The minimum Gasteiger partial charge on any atom is -0.333 e. The fraction of sp³-hybridized carbons (Fsp3) is 0.308. The van der Waals surface area contributed by atoms with Gasteiger partial charge in [-0.1, -0.05) is 38.8 Å². The zero-order valence-electron chi connectivity index (χ0n) is 10.1. The average Bonchev–Trinajstić information content (AvgIpc) is 2.80. The maximum atomic E-state index is 6.33. The van der Waals surface area contributed by atoms with E-state index in [1.807, 2.05) is 24.4 Å². The Bertz CT molecular complexity index is 537. The van der Waals surface area contributed by atoms with Gasteiger partial charge in [-0.05, 0) is 30.2 Å². The highest BCUT2D eigenvalue weighted by atomic mass is 79.9. The van der Waals surface area contributed by atoms with Crippen LogP contribution in [-0.2, 0) is 6.54 Å². The SMILES string of the molecule is CCCn1ccnc1C(N)c1cc(Br)ccc1Br. The molecule has 0 spiro atoms. The van der Waals surface area contributed by atoms with E-state index in [0.717, 1.165) is 33.3 Å². The van der Waals surface area contributed by atoms with E-state index in [-0.39, 0.29) is 6.04 Å². The number of hydrogen-bond acceptors (Lipinski definition) is 2. The largest absolute Gasteiger partial charge is 0.333 e. The van der Waals surface area contributed by atoms with Crippen molar-refractivity contribution in [1.29, 1.82) is 0 Å². The smallest absolute Gasteiger partial charge is 0.130 e. The van der Waals surface area contributed by atoms with E-state index in [4.69, 9.17) is 5.73 Å². The van der Waals surface area contributed by atoms with Crippen LogP contribution in [0.25, 0.3) is 0 Å². The summed E-state index contributed by atoms with van der Waals surface area (Å²) in [7, 11) is 0. The summed E-state index contributed by atoms with van der Waals surface area (Å²) in [5, 5.41) is 0. The number of benzene rings is 1. The molecule has 18 heavy (non-hydrogen) atoms. The Hall–Kier alpha value is -0.650. The van der Waals surface area contributed by atoms with Gasteiger partial charge in [-0.15, -0.1) is 0 Å². The van der Waals surface area contributed by atoms with Crippen LogP contribution in [0.3, 0.4) is 0 Å². The van der Waals surface area contributed by atoms with E-state index in [0.29, 0.717) is 0 Å². The Balaban J connectivity index is 2.38. The van der Waals surface area contributed by atoms with Crippen LogP contribution in [0.4, 0.5) is 0 Å². The average molecular weight is 373 g/mol. The number of hydrogen-bond donors (Lipinski definition) is 1. The van der Waals surface area contributed by atoms with Gasteiger partial charge < -0.3 is 10.3 Å². The molecule has 2 N–H and O–H groups in total. The zero-order chi connectivity index (χ0) is 13.1. The summed E-state index contributed by atoms with van der Waals surface area (Å²) in [6.45, 7) is 3.08. The maximum absolute atomic E-state index is 6.33. The van der Waals surface area contributed by atoms with Crippen LogP contribution in [0.15, 0.2) is 39.5 Å². The lowest BCUT2D eigenvalue weighted by Crippen LogP contribution is -2.18. The molecule has 2 rings (SSSR count). The van der Waals surface area contributed by atoms with E-state index in [1.54, 1.807) is 6.20 Å². The predicted molar refractivity (Wildman–Crippen MR) is 80.4 cm³/mol. The maximum Gasteiger partial charge on any atom is 0.130 e. The molecule has 0 fully saturated rings. The zero-order valence-corrected chi connectivity index (χ0v) is 13.3. The molecule has 0 bridgehead atoms. The standard InChI is InChI=1S/C13H15Br2N3/c1-2-6-18-7-5-17-13(18)12(16)10-8-9(14)3-4-11(10)15/h3-5,7-8,12H,2,6,16H2,1H3. The summed E-state index contributed by atoms with van der Waals surface area (Å²) >= 11 is 7.02. The van der Waals surface area contributed by atoms with Gasteiger partial charge in [0.1, 0.15) is 5.82 Å². The third-order valence-electron chi connectivity index (χ3n) is 2.78. The Labute approximate surface area is 124 Å². The van der Waals surface area contributed by atoms with Gasteiger partial charge in [0.25, 0.3) is 0 Å². The summed E-state index contributed by atoms with van der Waals surface area (Å²) < 4.78 is 4.13. The molecule has 0 aliphatic rings. The van der Waals surface area contributed by atoms with Crippen LogP contribution in [0.2, 0.25) is 0 Å². The molecule has 0 aliphatic heterocycles. The lowest BCUT2D eigenvalue weighted by atomic mass is 10.1. The fourth-order valence-electron chi connectivity index (χ4n) is 1.92. The third-order valence-corrected chi connectivity index (χ3v) is 4.00. The van der Waals surface area contributed by atoms with Crippen LogP contribution < -0.4 is 5.73 Å². The molecule has 96 valence electrons. The Morgan fingerprint density at radius 2 is 2.17 bits per heavy atom. The van der Waals surface area contributed by atoms with Crippen molar-refractivity contribution in [2.45, 2.75) is 25.9 Å². The summed E-state index contributed by atoms with van der Waals surface area (Å²) in [5.41, 5.74) is 7.36. The van der Waals surface area contributed by atoms with E-state index in [9.17, 15) is 0 Å². The van der Waals surface area contributed by atoms with Crippen LogP contribution >= 0.6 is 31.9 Å². The number of nitrogens with zero attached hydrogens (tertiary/aromatic N) is 2. The summed E-state index contributed by atoms with van der Waals surface area (Å²) in [4.78, 5) is 4.38. The highest BCUT2D eigenvalue weighted by Gasteiger charge is 2.17. The van der Waals surface area contributed by atoms with Gasteiger partial charge in [0.05, 0.1) is 6.04 Å². The Morgan fingerprint density at radius 3 is 2.89 bits per heavy atom. The second-order valence-electron chi connectivity index (χ2n) is 4.12. The van der Waals surface area contributed by atoms with Crippen LogP contribution in [0.5, 0.6) is 0 Å². The summed E-state index contributed by atoms with van der Waals surface area (Å²) in [6.07, 6.45) is 4.84. The number of aromatic nitrogens is 2. The number of imidazole rings is 1. The Morgan fingerprint density at radius 1 is 1.39 bits per heavy atom. The second-order valence-corrected chi connectivity index (χ2v) is 5.89. The fourth-order valence-corrected chi connectivity index (χ4v) is 2.79. The molecule has 1 unspecified atom stereocenters. The minimum absolute atomic E-state index is 0.224. The van der Waals surface area contributed by atoms with Gasteiger partial charge >= 0.3 is 0 Å². The predicted octanol–water partition coefficient (Wildman–Crippen LogP) is 3.87. The first-order chi connectivity index (χ1) is 8.63. The van der Waals surface area contributed by atoms with Crippen LogP contribution in [0.1, 0.15) is 30.8 Å². The molecular weight excluding hydrogens is 358 g/mol. The second kappa shape index (κ2) is 5.99. The lowest BCUT2D eigenvalue weighted by Gasteiger charge is -2.16. The molecule has 1 aromatic carbocycles. The quantitative estimate of drug-likeness (QED) is 0.885. The molecule has 0 radical (unpaired) electrons. The molecule has 0 saturated heterocycles. The highest BCUT2D eigenvalue weighted by Crippen LogP contribution is 2.29.